The van der Waals surface area contributed by atoms with Crippen molar-refractivity contribution in [1.82, 2.24) is 0 Å². The first kappa shape index (κ1) is 12.0. The molecule has 1 aromatic carbocycles. The lowest BCUT2D eigenvalue weighted by Gasteiger charge is -2.07. The number of hydrogen-bond donors (Lipinski definition) is 1. The van der Waals surface area contributed by atoms with E-state index in [0.717, 1.165) is 0 Å². The average Bonchev–Trinajstić information content (AvgIpc) is 2.28. The Labute approximate surface area is 92.4 Å². The minimum Gasteiger partial charge on any atom is -0.462 e. The van der Waals surface area contributed by atoms with Crippen LogP contribution in [-0.2, 0) is 4.74 Å². The molecule has 1 N–H and O–H groups in total. The molecule has 6 nitrogen and oxygen atoms in total. The van der Waals surface area contributed by atoms with Gasteiger partial charge in [-0.3, -0.25) is 10.1 Å². The van der Waals surface area contributed by atoms with Gasteiger partial charge in [-0.25, -0.2) is 4.79 Å². The molecule has 0 aliphatic rings. The summed E-state index contributed by atoms with van der Waals surface area (Å²) in [5.74, 6) is -0.574. The van der Waals surface area contributed by atoms with Gasteiger partial charge in [-0.05, 0) is 13.0 Å². The number of nitro groups is 1. The Morgan fingerprint density at radius 3 is 2.75 bits per heavy atom. The minimum atomic E-state index is -0.574. The molecule has 0 spiro atoms. The fraction of sp³-hybridized carbons (Fsp3) is 0.300. The molecule has 0 aromatic heterocycles. The third-order valence-electron chi connectivity index (χ3n) is 1.98. The zero-order valence-electron chi connectivity index (χ0n) is 9.02. The zero-order valence-corrected chi connectivity index (χ0v) is 9.02. The number of nitro benzene ring substituents is 1. The number of esters is 1. The van der Waals surface area contributed by atoms with Crippen molar-refractivity contribution >= 4 is 17.3 Å². The summed E-state index contributed by atoms with van der Waals surface area (Å²) in [6, 6.07) is 4.00. The predicted octanol–water partition coefficient (Wildman–Crippen LogP) is 1.81. The van der Waals surface area contributed by atoms with Gasteiger partial charge < -0.3 is 10.1 Å². The fourth-order valence-corrected chi connectivity index (χ4v) is 1.24. The Kier molecular flexibility index (Phi) is 3.82. The topological polar surface area (TPSA) is 81.5 Å². The van der Waals surface area contributed by atoms with E-state index in [-0.39, 0.29) is 17.9 Å². The quantitative estimate of drug-likeness (QED) is 0.479. The van der Waals surface area contributed by atoms with Gasteiger partial charge in [-0.1, -0.05) is 0 Å². The van der Waals surface area contributed by atoms with Crippen LogP contribution in [0.5, 0.6) is 0 Å². The number of hydrogen-bond acceptors (Lipinski definition) is 5. The molecule has 0 fully saturated rings. The molecule has 0 saturated heterocycles. The third-order valence-corrected chi connectivity index (χ3v) is 1.98. The highest BCUT2D eigenvalue weighted by molar-refractivity contribution is 5.96. The molecule has 0 unspecified atom stereocenters. The van der Waals surface area contributed by atoms with E-state index in [2.05, 4.69) is 5.32 Å². The zero-order chi connectivity index (χ0) is 12.1. The summed E-state index contributed by atoms with van der Waals surface area (Å²) in [4.78, 5) is 21.5. The first-order valence-electron chi connectivity index (χ1n) is 4.73. The fourth-order valence-electron chi connectivity index (χ4n) is 1.24. The van der Waals surface area contributed by atoms with E-state index in [1.807, 2.05) is 0 Å². The molecule has 0 amide bonds. The van der Waals surface area contributed by atoms with E-state index in [0.29, 0.717) is 5.69 Å². The highest BCUT2D eigenvalue weighted by Gasteiger charge is 2.16. The normalized spacial score (nSPS) is 9.62. The van der Waals surface area contributed by atoms with Crippen LogP contribution in [0.25, 0.3) is 0 Å². The number of carbonyl (C=O) groups excluding carboxylic acids is 1. The maximum Gasteiger partial charge on any atom is 0.340 e. The first-order chi connectivity index (χ1) is 7.60. The Bertz CT molecular complexity index is 417. The van der Waals surface area contributed by atoms with Crippen molar-refractivity contribution in [2.45, 2.75) is 6.92 Å². The Hall–Kier alpha value is -2.11. The molecule has 0 atom stereocenters. The van der Waals surface area contributed by atoms with Crippen molar-refractivity contribution in [2.24, 2.45) is 0 Å². The van der Waals surface area contributed by atoms with Crippen LogP contribution in [0, 0.1) is 10.1 Å². The van der Waals surface area contributed by atoms with E-state index in [1.54, 1.807) is 14.0 Å². The molecule has 1 aromatic rings. The van der Waals surface area contributed by atoms with Gasteiger partial charge in [0, 0.05) is 24.9 Å². The van der Waals surface area contributed by atoms with Gasteiger partial charge >= 0.3 is 5.97 Å². The smallest absolute Gasteiger partial charge is 0.340 e. The standard InChI is InChI=1S/C10H12N2O4/c1-3-16-10(13)8-6-7(12(14)15)4-5-9(8)11-2/h4-6,11H,3H2,1-2H3. The second-order valence-electron chi connectivity index (χ2n) is 2.96. The van der Waals surface area contributed by atoms with Gasteiger partial charge in [-0.2, -0.15) is 0 Å². The number of nitrogens with one attached hydrogen (secondary N) is 1. The minimum absolute atomic E-state index is 0.137. The first-order valence-corrected chi connectivity index (χ1v) is 4.73. The number of carbonyl (C=O) groups is 1. The third kappa shape index (κ3) is 2.47. The van der Waals surface area contributed by atoms with Crippen LogP contribution in [0.3, 0.4) is 0 Å². The van der Waals surface area contributed by atoms with Gasteiger partial charge in [0.05, 0.1) is 17.1 Å². The number of anilines is 1. The van der Waals surface area contributed by atoms with Gasteiger partial charge in [0.1, 0.15) is 0 Å². The highest BCUT2D eigenvalue weighted by Crippen LogP contribution is 2.22. The molecule has 16 heavy (non-hydrogen) atoms. The van der Waals surface area contributed by atoms with Crippen LogP contribution < -0.4 is 5.32 Å². The monoisotopic (exact) mass is 224 g/mol. The summed E-state index contributed by atoms with van der Waals surface area (Å²) in [5, 5.41) is 13.3. The molecular formula is C10H12N2O4. The molecule has 0 saturated carbocycles. The summed E-state index contributed by atoms with van der Waals surface area (Å²) in [7, 11) is 1.63. The summed E-state index contributed by atoms with van der Waals surface area (Å²) < 4.78 is 4.80. The SMILES string of the molecule is CCOC(=O)c1cc([N+](=O)[O-])ccc1NC. The maximum absolute atomic E-state index is 11.5. The second kappa shape index (κ2) is 5.11. The second-order valence-corrected chi connectivity index (χ2v) is 2.96. The van der Waals surface area contributed by atoms with Crippen LogP contribution >= 0.6 is 0 Å². The summed E-state index contributed by atoms with van der Waals surface area (Å²) in [6.45, 7) is 1.90. The number of nitrogens with zero attached hydrogens (tertiary/aromatic N) is 1. The summed E-state index contributed by atoms with van der Waals surface area (Å²) in [5.41, 5.74) is 0.532. The van der Waals surface area contributed by atoms with Crippen LogP contribution in [0.1, 0.15) is 17.3 Å². The Morgan fingerprint density at radius 2 is 2.25 bits per heavy atom. The van der Waals surface area contributed by atoms with Gasteiger partial charge in [0.2, 0.25) is 0 Å². The molecular weight excluding hydrogens is 212 g/mol. The van der Waals surface area contributed by atoms with Crippen LogP contribution in [0.4, 0.5) is 11.4 Å². The lowest BCUT2D eigenvalue weighted by Crippen LogP contribution is -2.08. The van der Waals surface area contributed by atoms with Crippen LogP contribution in [-0.4, -0.2) is 24.5 Å². The van der Waals surface area contributed by atoms with Crippen LogP contribution in [0.2, 0.25) is 0 Å². The average molecular weight is 224 g/mol. The number of benzene rings is 1. The summed E-state index contributed by atoms with van der Waals surface area (Å²) >= 11 is 0. The van der Waals surface area contributed by atoms with E-state index in [4.69, 9.17) is 4.74 Å². The molecule has 0 aliphatic heterocycles. The van der Waals surface area contributed by atoms with Gasteiger partial charge in [-0.15, -0.1) is 0 Å². The van der Waals surface area contributed by atoms with Crippen LogP contribution in [0.15, 0.2) is 18.2 Å². The van der Waals surface area contributed by atoms with Crippen molar-refractivity contribution in [2.75, 3.05) is 19.0 Å². The van der Waals surface area contributed by atoms with Crippen molar-refractivity contribution in [1.29, 1.82) is 0 Å². The molecule has 0 radical (unpaired) electrons. The number of non-ortho nitro benzene ring substituents is 1. The molecule has 0 heterocycles. The van der Waals surface area contributed by atoms with Crippen molar-refractivity contribution in [3.8, 4) is 0 Å². The molecule has 0 aliphatic carbocycles. The van der Waals surface area contributed by atoms with Gasteiger partial charge in [0.25, 0.3) is 5.69 Å². The van der Waals surface area contributed by atoms with E-state index in [1.165, 1.54) is 18.2 Å². The summed E-state index contributed by atoms with van der Waals surface area (Å²) in [6.07, 6.45) is 0. The number of ether oxygens (including phenoxy) is 1. The predicted molar refractivity (Wildman–Crippen MR) is 58.6 cm³/mol. The molecule has 86 valence electrons. The van der Waals surface area contributed by atoms with Gasteiger partial charge in [0.15, 0.2) is 0 Å². The lowest BCUT2D eigenvalue weighted by molar-refractivity contribution is -0.384. The largest absolute Gasteiger partial charge is 0.462 e. The lowest BCUT2D eigenvalue weighted by atomic mass is 10.1. The molecule has 0 bridgehead atoms. The van der Waals surface area contributed by atoms with Crippen molar-refractivity contribution in [3.05, 3.63) is 33.9 Å². The number of rotatable bonds is 4. The van der Waals surface area contributed by atoms with E-state index >= 15 is 0 Å². The van der Waals surface area contributed by atoms with E-state index in [9.17, 15) is 14.9 Å². The Balaban J connectivity index is 3.16. The van der Waals surface area contributed by atoms with Crippen molar-refractivity contribution in [3.63, 3.8) is 0 Å². The molecule has 1 rings (SSSR count). The Morgan fingerprint density at radius 1 is 1.56 bits per heavy atom. The maximum atomic E-state index is 11.5. The molecule has 6 heteroatoms. The highest BCUT2D eigenvalue weighted by atomic mass is 16.6. The van der Waals surface area contributed by atoms with Crippen molar-refractivity contribution < 1.29 is 14.5 Å². The van der Waals surface area contributed by atoms with E-state index < -0.39 is 10.9 Å².